The highest BCUT2D eigenvalue weighted by Gasteiger charge is 2.53. The number of ether oxygens (including phenoxy) is 7. The highest BCUT2D eigenvalue weighted by atomic mass is 16.6. The number of Topliss-reactive ketones (excluding diaryl/α,β-unsaturated/α-hetero) is 3. The number of fused-ring (bicyclic) bond motifs is 3. The summed E-state index contributed by atoms with van der Waals surface area (Å²) in [7, 11) is 4.64. The normalized spacial score (nSPS) is 38.4. The summed E-state index contributed by atoms with van der Waals surface area (Å²) >= 11 is 0. The van der Waals surface area contributed by atoms with E-state index in [-0.39, 0.29) is 60.9 Å². The van der Waals surface area contributed by atoms with Crippen molar-refractivity contribution in [3.8, 4) is 0 Å². The van der Waals surface area contributed by atoms with Gasteiger partial charge in [-0.05, 0) is 114 Å². The van der Waals surface area contributed by atoms with E-state index in [1.807, 2.05) is 65.0 Å². The molecule has 15 atom stereocenters. The maximum Gasteiger partial charge on any atom is 0.329 e. The summed E-state index contributed by atoms with van der Waals surface area (Å²) in [4.78, 5) is 72.4. The molecule has 3 aliphatic heterocycles. The van der Waals surface area contributed by atoms with Gasteiger partial charge in [-0.1, -0.05) is 71.1 Å². The number of rotatable bonds is 11. The zero-order valence-corrected chi connectivity index (χ0v) is 44.1. The van der Waals surface area contributed by atoms with Crippen LogP contribution in [0.2, 0.25) is 0 Å². The van der Waals surface area contributed by atoms with E-state index in [0.717, 1.165) is 18.4 Å². The Morgan fingerprint density at radius 2 is 1.59 bits per heavy atom. The van der Waals surface area contributed by atoms with Crippen molar-refractivity contribution < 1.29 is 67.3 Å². The Morgan fingerprint density at radius 1 is 0.843 bits per heavy atom. The quantitative estimate of drug-likeness (QED) is 0.0911. The standard InChI is InChI=1S/C55H87NO14/c1-12-67-26-27-68-45-24-22-41(31-48(45)65-10)30-37(5)47-33-44(57)36(4)29-39(7)50(59)51(66-11)49(58)38(6)28-34(2)18-14-13-15-19-35(3)46(64-9)32-42-23-21-40(8)55(63,70-42)52(60)53(61)56-25-17-16-20-43(56)54(62)69-47/h13-15,18-19,29,34,36-38,40-43,45-48,50-51,59,63H,12,16-17,20-28,30-33H2,1-11H3/b15-13-,18-14+,35-19+,39-29-/t34-,36-,37-,38-,40-,41+,42+,43+,45-,46+,47+,48-,50-,51+,55-/m1/s1. The Kier molecular flexibility index (Phi) is 24.3. The second-order valence-corrected chi connectivity index (χ2v) is 20.6. The third-order valence-electron chi connectivity index (χ3n) is 15.2. The first-order valence-electron chi connectivity index (χ1n) is 26.0. The molecule has 1 saturated carbocycles. The number of amides is 1. The van der Waals surface area contributed by atoms with E-state index in [1.165, 1.54) is 12.0 Å². The molecule has 0 spiro atoms. The number of ketones is 3. The summed E-state index contributed by atoms with van der Waals surface area (Å²) in [6.45, 7) is 16.4. The molecule has 15 heteroatoms. The molecule has 2 bridgehead atoms. The lowest BCUT2D eigenvalue weighted by Gasteiger charge is -2.42. The minimum Gasteiger partial charge on any atom is -0.460 e. The summed E-state index contributed by atoms with van der Waals surface area (Å²) in [5.74, 6) is -7.83. The number of carbonyl (C=O) groups is 5. The number of esters is 1. The van der Waals surface area contributed by atoms with Crippen molar-refractivity contribution in [2.45, 2.75) is 187 Å². The number of carbonyl (C=O) groups excluding carboxylic acids is 5. The summed E-state index contributed by atoms with van der Waals surface area (Å²) in [6, 6.07) is -1.14. The van der Waals surface area contributed by atoms with E-state index < -0.39 is 77.8 Å². The van der Waals surface area contributed by atoms with Crippen molar-refractivity contribution in [2.24, 2.45) is 35.5 Å². The van der Waals surface area contributed by atoms with Gasteiger partial charge in [-0.15, -0.1) is 0 Å². The van der Waals surface area contributed by atoms with Gasteiger partial charge in [-0.25, -0.2) is 4.79 Å². The minimum absolute atomic E-state index is 0.0195. The van der Waals surface area contributed by atoms with Crippen LogP contribution in [0, 0.1) is 35.5 Å². The second kappa shape index (κ2) is 28.7. The number of cyclic esters (lactones) is 1. The molecular weight excluding hydrogens is 899 g/mol. The number of hydrogen-bond acceptors (Lipinski definition) is 14. The molecule has 0 aromatic carbocycles. The van der Waals surface area contributed by atoms with Crippen molar-refractivity contribution in [1.82, 2.24) is 4.90 Å². The molecule has 1 amide bonds. The fourth-order valence-electron chi connectivity index (χ4n) is 10.7. The van der Waals surface area contributed by atoms with E-state index in [9.17, 15) is 34.2 Å². The average molecular weight is 986 g/mol. The molecule has 2 saturated heterocycles. The number of allylic oxidation sites excluding steroid dienone is 6. The topological polar surface area (TPSA) is 194 Å². The van der Waals surface area contributed by atoms with Crippen LogP contribution in [0.4, 0.5) is 0 Å². The fraction of sp³-hybridized carbons (Fsp3) is 0.764. The smallest absolute Gasteiger partial charge is 0.329 e. The van der Waals surface area contributed by atoms with Crippen molar-refractivity contribution in [1.29, 1.82) is 0 Å². The molecule has 70 heavy (non-hydrogen) atoms. The lowest BCUT2D eigenvalue weighted by Crippen LogP contribution is -2.61. The van der Waals surface area contributed by atoms with Crippen LogP contribution in [0.1, 0.15) is 132 Å². The molecule has 3 heterocycles. The third kappa shape index (κ3) is 16.3. The summed E-state index contributed by atoms with van der Waals surface area (Å²) < 4.78 is 41.5. The van der Waals surface area contributed by atoms with Crippen LogP contribution >= 0.6 is 0 Å². The van der Waals surface area contributed by atoms with Crippen molar-refractivity contribution >= 4 is 29.2 Å². The molecule has 396 valence electrons. The molecule has 1 aliphatic carbocycles. The lowest BCUT2D eigenvalue weighted by molar-refractivity contribution is -0.265. The number of aliphatic hydroxyl groups is 2. The first-order chi connectivity index (χ1) is 33.3. The summed E-state index contributed by atoms with van der Waals surface area (Å²) in [6.07, 6.45) is 12.4. The molecule has 0 aromatic rings. The van der Waals surface area contributed by atoms with Gasteiger partial charge in [0.05, 0.1) is 37.6 Å². The number of piperidine rings is 1. The zero-order valence-electron chi connectivity index (χ0n) is 44.1. The molecule has 2 N–H and O–H groups in total. The van der Waals surface area contributed by atoms with Gasteiger partial charge in [0.2, 0.25) is 5.79 Å². The molecular formula is C55H87NO14. The molecule has 4 aliphatic rings. The Morgan fingerprint density at radius 3 is 2.27 bits per heavy atom. The Labute approximate surface area is 418 Å². The van der Waals surface area contributed by atoms with Crippen molar-refractivity contribution in [2.75, 3.05) is 47.7 Å². The average Bonchev–Trinajstić information content (AvgIpc) is 3.34. The molecule has 15 nitrogen and oxygen atoms in total. The van der Waals surface area contributed by atoms with Gasteiger partial charge in [0.25, 0.3) is 11.7 Å². The molecule has 4 rings (SSSR count). The highest BCUT2D eigenvalue weighted by molar-refractivity contribution is 6.39. The van der Waals surface area contributed by atoms with E-state index >= 15 is 0 Å². The predicted octanol–water partition coefficient (Wildman–Crippen LogP) is 7.24. The van der Waals surface area contributed by atoms with Crippen LogP contribution in [-0.4, -0.2) is 147 Å². The van der Waals surface area contributed by atoms with E-state index in [1.54, 1.807) is 41.1 Å². The SMILES string of the molecule is CCOCCO[C@@H]1CC[C@@H](C[C@@H](C)[C@@H]2CC(=O)[C@H](C)/C=C(/C)[C@@H](O)[C@@H](OC)C(=O)[C@H](C)C[C@H](C)/C=C/C=C\C=C(/C)[C@@H](OC)C[C@@H]3CC[C@@H](C)[C@@](O)(O3)C(=O)C(=O)N3CCCC[C@H]3C(=O)O2)C[C@H]1OC. The predicted molar refractivity (Wildman–Crippen MR) is 265 cm³/mol. The van der Waals surface area contributed by atoms with E-state index in [2.05, 4.69) is 0 Å². The lowest BCUT2D eigenvalue weighted by atomic mass is 9.78. The van der Waals surface area contributed by atoms with E-state index in [4.69, 9.17) is 33.2 Å². The molecule has 0 aromatic heterocycles. The van der Waals surface area contributed by atoms with Gasteiger partial charge in [0, 0.05) is 65.1 Å². The second-order valence-electron chi connectivity index (χ2n) is 20.6. The van der Waals surface area contributed by atoms with Crippen LogP contribution < -0.4 is 0 Å². The Balaban J connectivity index is 1.68. The van der Waals surface area contributed by atoms with Gasteiger partial charge in [0.15, 0.2) is 5.78 Å². The van der Waals surface area contributed by atoms with Crippen LogP contribution in [0.15, 0.2) is 47.6 Å². The van der Waals surface area contributed by atoms with Gasteiger partial charge in [-0.3, -0.25) is 19.2 Å². The van der Waals surface area contributed by atoms with Crippen LogP contribution in [0.5, 0.6) is 0 Å². The third-order valence-corrected chi connectivity index (χ3v) is 15.2. The number of hydrogen-bond donors (Lipinski definition) is 2. The number of aliphatic hydroxyl groups excluding tert-OH is 1. The maximum atomic E-state index is 14.5. The van der Waals surface area contributed by atoms with Crippen LogP contribution in [0.25, 0.3) is 0 Å². The van der Waals surface area contributed by atoms with Crippen molar-refractivity contribution in [3.05, 3.63) is 47.6 Å². The van der Waals surface area contributed by atoms with Gasteiger partial charge >= 0.3 is 5.97 Å². The van der Waals surface area contributed by atoms with Crippen LogP contribution in [-0.2, 0) is 57.1 Å². The van der Waals surface area contributed by atoms with Gasteiger partial charge in [-0.2, -0.15) is 0 Å². The Bertz CT molecular complexity index is 1840. The highest BCUT2D eigenvalue weighted by Crippen LogP contribution is 2.38. The first kappa shape index (κ1) is 59.2. The largest absolute Gasteiger partial charge is 0.460 e. The van der Waals surface area contributed by atoms with Gasteiger partial charge < -0.3 is 48.3 Å². The number of methoxy groups -OCH3 is 3. The molecule has 0 unspecified atom stereocenters. The van der Waals surface area contributed by atoms with Crippen molar-refractivity contribution in [3.63, 3.8) is 0 Å². The van der Waals surface area contributed by atoms with Gasteiger partial charge in [0.1, 0.15) is 30.1 Å². The minimum atomic E-state index is -2.43. The zero-order chi connectivity index (χ0) is 51.7. The van der Waals surface area contributed by atoms with E-state index in [0.29, 0.717) is 76.8 Å². The fourth-order valence-corrected chi connectivity index (χ4v) is 10.7. The summed E-state index contributed by atoms with van der Waals surface area (Å²) in [5.41, 5.74) is 1.28. The molecule has 0 radical (unpaired) electrons. The summed E-state index contributed by atoms with van der Waals surface area (Å²) in [5, 5.41) is 23.5. The number of nitrogens with zero attached hydrogens (tertiary/aromatic N) is 1. The maximum absolute atomic E-state index is 14.5. The monoisotopic (exact) mass is 986 g/mol. The Hall–Kier alpha value is -3.41. The first-order valence-corrected chi connectivity index (χ1v) is 26.0. The molecule has 3 fully saturated rings. The van der Waals surface area contributed by atoms with Crippen LogP contribution in [0.3, 0.4) is 0 Å².